The molecule has 0 bridgehead atoms. The lowest BCUT2D eigenvalue weighted by atomic mass is 9.97. The van der Waals surface area contributed by atoms with Crippen LogP contribution in [-0.2, 0) is 0 Å². The molecule has 1 N–H and O–H groups in total. The van der Waals surface area contributed by atoms with E-state index in [1.165, 1.54) is 11.1 Å². The van der Waals surface area contributed by atoms with Crippen molar-refractivity contribution in [2.75, 3.05) is 6.54 Å². The third kappa shape index (κ3) is 4.84. The molecule has 0 saturated carbocycles. The summed E-state index contributed by atoms with van der Waals surface area (Å²) in [7, 11) is 0. The normalized spacial score (nSPS) is 11.8. The molecule has 1 rings (SSSR count). The summed E-state index contributed by atoms with van der Waals surface area (Å²) in [5, 5.41) is 3.62. The van der Waals surface area contributed by atoms with E-state index in [-0.39, 0.29) is 0 Å². The van der Waals surface area contributed by atoms with Crippen molar-refractivity contribution in [1.82, 2.24) is 5.32 Å². The van der Waals surface area contributed by atoms with Gasteiger partial charge >= 0.3 is 0 Å². The van der Waals surface area contributed by atoms with E-state index in [9.17, 15) is 0 Å². The van der Waals surface area contributed by atoms with Crippen LogP contribution in [0.2, 0.25) is 0 Å². The minimum Gasteiger partial charge on any atom is -0.310 e. The molecule has 0 aliphatic carbocycles. The number of hydrogen-bond donors (Lipinski definition) is 1. The first-order valence-corrected chi connectivity index (χ1v) is 7.37. The highest BCUT2D eigenvalue weighted by atomic mass is 79.9. The van der Waals surface area contributed by atoms with Gasteiger partial charge in [0, 0.05) is 16.9 Å². The fourth-order valence-electron chi connectivity index (χ4n) is 2.06. The van der Waals surface area contributed by atoms with E-state index in [0.717, 1.165) is 30.3 Å². The standard InChI is InChI=1S/C16H22BrN/c1-4-6-7-8-16(18-11-5-2)15-10-9-14(17)12-13(15)3/h9-10,12,16,18H,5,7-8,11H2,1-3H3. The number of rotatable bonds is 6. The van der Waals surface area contributed by atoms with Gasteiger partial charge in [-0.1, -0.05) is 28.9 Å². The van der Waals surface area contributed by atoms with Crippen molar-refractivity contribution in [3.05, 3.63) is 33.8 Å². The fourth-order valence-corrected chi connectivity index (χ4v) is 2.53. The number of benzene rings is 1. The van der Waals surface area contributed by atoms with Crippen LogP contribution in [0.25, 0.3) is 0 Å². The second-order valence-electron chi connectivity index (χ2n) is 4.47. The molecule has 0 spiro atoms. The first-order chi connectivity index (χ1) is 8.69. The highest BCUT2D eigenvalue weighted by molar-refractivity contribution is 9.10. The summed E-state index contributed by atoms with van der Waals surface area (Å²) in [5.74, 6) is 6.13. The SMILES string of the molecule is CC#CCCC(NCCC)c1ccc(Br)cc1C. The topological polar surface area (TPSA) is 12.0 Å². The van der Waals surface area contributed by atoms with Gasteiger partial charge in [-0.15, -0.1) is 11.8 Å². The van der Waals surface area contributed by atoms with Gasteiger partial charge in [0.1, 0.15) is 0 Å². The predicted molar refractivity (Wildman–Crippen MR) is 82.6 cm³/mol. The number of hydrogen-bond acceptors (Lipinski definition) is 1. The van der Waals surface area contributed by atoms with Crippen LogP contribution >= 0.6 is 15.9 Å². The number of halogens is 1. The average molecular weight is 308 g/mol. The maximum atomic E-state index is 3.62. The monoisotopic (exact) mass is 307 g/mol. The van der Waals surface area contributed by atoms with Gasteiger partial charge in [-0.3, -0.25) is 0 Å². The van der Waals surface area contributed by atoms with Gasteiger partial charge in [0.25, 0.3) is 0 Å². The molecule has 98 valence electrons. The van der Waals surface area contributed by atoms with Crippen molar-refractivity contribution < 1.29 is 0 Å². The average Bonchev–Trinajstić information content (AvgIpc) is 2.34. The van der Waals surface area contributed by atoms with Crippen LogP contribution in [0, 0.1) is 18.8 Å². The summed E-state index contributed by atoms with van der Waals surface area (Å²) in [4.78, 5) is 0. The van der Waals surface area contributed by atoms with Crippen molar-refractivity contribution in [3.8, 4) is 11.8 Å². The molecule has 0 saturated heterocycles. The zero-order valence-corrected chi connectivity index (χ0v) is 13.1. The number of nitrogens with one attached hydrogen (secondary N) is 1. The Kier molecular flexibility index (Phi) is 7.08. The quantitative estimate of drug-likeness (QED) is 0.757. The highest BCUT2D eigenvalue weighted by Crippen LogP contribution is 2.24. The molecule has 1 atom stereocenters. The molecule has 1 aromatic rings. The molecule has 0 aromatic heterocycles. The Morgan fingerprint density at radius 2 is 2.17 bits per heavy atom. The van der Waals surface area contributed by atoms with Crippen molar-refractivity contribution in [3.63, 3.8) is 0 Å². The molecule has 0 heterocycles. The second kappa shape index (κ2) is 8.34. The highest BCUT2D eigenvalue weighted by Gasteiger charge is 2.12. The first kappa shape index (κ1) is 15.3. The molecule has 0 radical (unpaired) electrons. The molecule has 0 fully saturated rings. The first-order valence-electron chi connectivity index (χ1n) is 6.58. The molecule has 1 aromatic carbocycles. The third-order valence-electron chi connectivity index (χ3n) is 2.98. The fraction of sp³-hybridized carbons (Fsp3) is 0.500. The lowest BCUT2D eigenvalue weighted by Gasteiger charge is -2.20. The molecular formula is C16H22BrN. The van der Waals surface area contributed by atoms with Crippen molar-refractivity contribution >= 4 is 15.9 Å². The summed E-state index contributed by atoms with van der Waals surface area (Å²) < 4.78 is 1.14. The Balaban J connectivity index is 2.81. The van der Waals surface area contributed by atoms with Gasteiger partial charge in [0.05, 0.1) is 0 Å². The minimum absolute atomic E-state index is 0.416. The molecule has 1 unspecified atom stereocenters. The van der Waals surface area contributed by atoms with Gasteiger partial charge in [-0.05, 0) is 56.5 Å². The van der Waals surface area contributed by atoms with E-state index in [4.69, 9.17) is 0 Å². The molecule has 0 amide bonds. The summed E-state index contributed by atoms with van der Waals surface area (Å²) in [6.45, 7) is 7.33. The molecular weight excluding hydrogens is 286 g/mol. The van der Waals surface area contributed by atoms with Crippen LogP contribution in [0.5, 0.6) is 0 Å². The van der Waals surface area contributed by atoms with Crippen molar-refractivity contribution in [2.24, 2.45) is 0 Å². The smallest absolute Gasteiger partial charge is 0.0331 e. The van der Waals surface area contributed by atoms with Gasteiger partial charge in [0.15, 0.2) is 0 Å². The summed E-state index contributed by atoms with van der Waals surface area (Å²) in [6.07, 6.45) is 3.18. The predicted octanol–water partition coefficient (Wildman–Crippen LogP) is 4.60. The third-order valence-corrected chi connectivity index (χ3v) is 3.48. The van der Waals surface area contributed by atoms with Gasteiger partial charge in [0.2, 0.25) is 0 Å². The Hall–Kier alpha value is -0.780. The minimum atomic E-state index is 0.416. The largest absolute Gasteiger partial charge is 0.310 e. The van der Waals surface area contributed by atoms with Crippen molar-refractivity contribution in [2.45, 2.75) is 46.1 Å². The van der Waals surface area contributed by atoms with E-state index < -0.39 is 0 Å². The summed E-state index contributed by atoms with van der Waals surface area (Å²) in [5.41, 5.74) is 2.73. The Morgan fingerprint density at radius 1 is 1.39 bits per heavy atom. The van der Waals surface area contributed by atoms with Gasteiger partial charge in [-0.25, -0.2) is 0 Å². The molecule has 0 aliphatic heterocycles. The molecule has 1 nitrogen and oxygen atoms in total. The van der Waals surface area contributed by atoms with Crippen LogP contribution in [0.4, 0.5) is 0 Å². The van der Waals surface area contributed by atoms with Crippen LogP contribution < -0.4 is 5.32 Å². The Bertz CT molecular complexity index is 428. The van der Waals surface area contributed by atoms with E-state index in [2.05, 4.69) is 65.1 Å². The van der Waals surface area contributed by atoms with Crippen LogP contribution in [-0.4, -0.2) is 6.54 Å². The van der Waals surface area contributed by atoms with Gasteiger partial charge < -0.3 is 5.32 Å². The Labute approximate surface area is 119 Å². The molecule has 18 heavy (non-hydrogen) atoms. The van der Waals surface area contributed by atoms with E-state index >= 15 is 0 Å². The lowest BCUT2D eigenvalue weighted by molar-refractivity contribution is 0.503. The van der Waals surface area contributed by atoms with Crippen LogP contribution in [0.1, 0.15) is 50.3 Å². The summed E-state index contributed by atoms with van der Waals surface area (Å²) in [6, 6.07) is 6.93. The molecule has 2 heteroatoms. The van der Waals surface area contributed by atoms with E-state index in [1.807, 2.05) is 6.92 Å². The zero-order chi connectivity index (χ0) is 13.4. The van der Waals surface area contributed by atoms with Crippen LogP contribution in [0.3, 0.4) is 0 Å². The van der Waals surface area contributed by atoms with Crippen molar-refractivity contribution in [1.29, 1.82) is 0 Å². The maximum Gasteiger partial charge on any atom is 0.0331 e. The zero-order valence-electron chi connectivity index (χ0n) is 11.5. The Morgan fingerprint density at radius 3 is 2.78 bits per heavy atom. The van der Waals surface area contributed by atoms with E-state index in [1.54, 1.807) is 0 Å². The molecule has 0 aliphatic rings. The lowest BCUT2D eigenvalue weighted by Crippen LogP contribution is -2.22. The van der Waals surface area contributed by atoms with Crippen LogP contribution in [0.15, 0.2) is 22.7 Å². The van der Waals surface area contributed by atoms with Gasteiger partial charge in [-0.2, -0.15) is 0 Å². The summed E-state index contributed by atoms with van der Waals surface area (Å²) >= 11 is 3.52. The second-order valence-corrected chi connectivity index (χ2v) is 5.39. The van der Waals surface area contributed by atoms with E-state index in [0.29, 0.717) is 6.04 Å². The number of aryl methyl sites for hydroxylation is 1. The maximum absolute atomic E-state index is 3.62.